The first-order valence-electron chi connectivity index (χ1n) is 8.59. The van der Waals surface area contributed by atoms with E-state index in [1.165, 1.54) is 0 Å². The molecular weight excluding hydrogens is 354 g/mol. The summed E-state index contributed by atoms with van der Waals surface area (Å²) in [6, 6.07) is 23.5. The van der Waals surface area contributed by atoms with Gasteiger partial charge in [0.25, 0.3) is 5.91 Å². The number of carbonyl (C=O) groups excluding carboxylic acids is 1. The Morgan fingerprint density at radius 3 is 2.41 bits per heavy atom. The van der Waals surface area contributed by atoms with Crippen LogP contribution < -0.4 is 5.32 Å². The Morgan fingerprint density at radius 2 is 1.67 bits per heavy atom. The van der Waals surface area contributed by atoms with Crippen molar-refractivity contribution in [1.82, 2.24) is 15.3 Å². The smallest absolute Gasteiger partial charge is 0.270 e. The van der Waals surface area contributed by atoms with E-state index in [-0.39, 0.29) is 5.91 Å². The Morgan fingerprint density at radius 1 is 0.889 bits per heavy atom. The molecule has 0 unspecified atom stereocenters. The maximum absolute atomic E-state index is 12.1. The first-order valence-corrected chi connectivity index (χ1v) is 9.47. The molecule has 27 heavy (non-hydrogen) atoms. The Kier molecular flexibility index (Phi) is 5.03. The van der Waals surface area contributed by atoms with E-state index in [1.54, 1.807) is 35.7 Å². The molecule has 4 rings (SSSR count). The second-order valence-electron chi connectivity index (χ2n) is 6.00. The van der Waals surface area contributed by atoms with E-state index in [0.717, 1.165) is 27.4 Å². The van der Waals surface area contributed by atoms with Crippen molar-refractivity contribution in [2.24, 2.45) is 0 Å². The van der Waals surface area contributed by atoms with Crippen LogP contribution in [0.1, 0.15) is 16.1 Å². The first-order chi connectivity index (χ1) is 13.3. The molecule has 2 aromatic carbocycles. The summed E-state index contributed by atoms with van der Waals surface area (Å²) in [6.45, 7) is 0.461. The molecule has 132 valence electrons. The van der Waals surface area contributed by atoms with Crippen LogP contribution in [0.4, 0.5) is 0 Å². The van der Waals surface area contributed by atoms with Crippen molar-refractivity contribution in [2.75, 3.05) is 0 Å². The molecule has 0 aliphatic rings. The van der Waals surface area contributed by atoms with Gasteiger partial charge in [0.2, 0.25) is 0 Å². The average Bonchev–Trinajstić information content (AvgIpc) is 3.24. The van der Waals surface area contributed by atoms with Crippen molar-refractivity contribution < 1.29 is 4.79 Å². The van der Waals surface area contributed by atoms with Crippen molar-refractivity contribution in [3.63, 3.8) is 0 Å². The second kappa shape index (κ2) is 7.93. The van der Waals surface area contributed by atoms with Crippen LogP contribution in [-0.4, -0.2) is 15.9 Å². The van der Waals surface area contributed by atoms with Crippen LogP contribution in [0.5, 0.6) is 0 Å². The summed E-state index contributed by atoms with van der Waals surface area (Å²) in [7, 11) is 0. The van der Waals surface area contributed by atoms with Crippen molar-refractivity contribution in [1.29, 1.82) is 0 Å². The van der Waals surface area contributed by atoms with E-state index in [0.29, 0.717) is 12.2 Å². The highest BCUT2D eigenvalue weighted by Crippen LogP contribution is 2.28. The summed E-state index contributed by atoms with van der Waals surface area (Å²) in [4.78, 5) is 20.8. The monoisotopic (exact) mass is 371 g/mol. The Balaban J connectivity index is 1.42. The molecule has 0 saturated heterocycles. The molecule has 0 bridgehead atoms. The van der Waals surface area contributed by atoms with Crippen LogP contribution in [0.15, 0.2) is 84.4 Å². The van der Waals surface area contributed by atoms with Crippen molar-refractivity contribution >= 4 is 17.2 Å². The zero-order valence-corrected chi connectivity index (χ0v) is 15.3. The van der Waals surface area contributed by atoms with Gasteiger partial charge >= 0.3 is 0 Å². The van der Waals surface area contributed by atoms with E-state index in [1.807, 2.05) is 42.5 Å². The molecule has 5 heteroatoms. The predicted octanol–water partition coefficient (Wildman–Crippen LogP) is 4.80. The van der Waals surface area contributed by atoms with Crippen LogP contribution >= 0.6 is 11.3 Å². The van der Waals surface area contributed by atoms with Gasteiger partial charge in [-0.3, -0.25) is 9.78 Å². The number of nitrogens with one attached hydrogen (secondary N) is 1. The second-order valence-corrected chi connectivity index (χ2v) is 6.86. The molecule has 0 spiro atoms. The molecule has 4 nitrogen and oxygen atoms in total. The quantitative estimate of drug-likeness (QED) is 0.548. The summed E-state index contributed by atoms with van der Waals surface area (Å²) < 4.78 is 0. The number of hydrogen-bond acceptors (Lipinski definition) is 4. The number of hydrogen-bond donors (Lipinski definition) is 1. The average molecular weight is 371 g/mol. The maximum Gasteiger partial charge on any atom is 0.270 e. The SMILES string of the molecule is O=C(NCc1ccc(-c2nc(-c3ccccc3)cs2)cc1)c1ccccn1. The van der Waals surface area contributed by atoms with Crippen molar-refractivity contribution in [3.05, 3.63) is 95.6 Å². The normalized spacial score (nSPS) is 10.5. The van der Waals surface area contributed by atoms with Crippen LogP contribution in [0.25, 0.3) is 21.8 Å². The highest BCUT2D eigenvalue weighted by molar-refractivity contribution is 7.13. The first kappa shape index (κ1) is 17.1. The topological polar surface area (TPSA) is 54.9 Å². The van der Waals surface area contributed by atoms with E-state index in [9.17, 15) is 4.79 Å². The minimum Gasteiger partial charge on any atom is -0.347 e. The number of carbonyl (C=O) groups is 1. The number of amides is 1. The standard InChI is InChI=1S/C22H17N3OS/c26-21(19-8-4-5-13-23-19)24-14-16-9-11-18(12-10-16)22-25-20(15-27-22)17-6-2-1-3-7-17/h1-13,15H,14H2,(H,24,26). The Labute approximate surface area is 161 Å². The molecule has 1 amide bonds. The Hall–Kier alpha value is -3.31. The van der Waals surface area contributed by atoms with Gasteiger partial charge in [0.05, 0.1) is 5.69 Å². The number of thiazole rings is 1. The van der Waals surface area contributed by atoms with Gasteiger partial charge in [0, 0.05) is 29.2 Å². The molecule has 2 heterocycles. The maximum atomic E-state index is 12.1. The Bertz CT molecular complexity index is 1030. The van der Waals surface area contributed by atoms with Gasteiger partial charge in [-0.25, -0.2) is 4.98 Å². The van der Waals surface area contributed by atoms with Gasteiger partial charge in [0.1, 0.15) is 10.7 Å². The number of nitrogens with zero attached hydrogens (tertiary/aromatic N) is 2. The van der Waals surface area contributed by atoms with Crippen LogP contribution in [0, 0.1) is 0 Å². The van der Waals surface area contributed by atoms with E-state index < -0.39 is 0 Å². The van der Waals surface area contributed by atoms with Gasteiger partial charge in [0.15, 0.2) is 0 Å². The zero-order valence-electron chi connectivity index (χ0n) is 14.5. The minimum atomic E-state index is -0.174. The third-order valence-electron chi connectivity index (χ3n) is 4.13. The van der Waals surface area contributed by atoms with E-state index >= 15 is 0 Å². The molecule has 0 aliphatic carbocycles. The summed E-state index contributed by atoms with van der Waals surface area (Å²) in [5.74, 6) is -0.174. The number of benzene rings is 2. The lowest BCUT2D eigenvalue weighted by atomic mass is 10.1. The fraction of sp³-hybridized carbons (Fsp3) is 0.0455. The highest BCUT2D eigenvalue weighted by atomic mass is 32.1. The highest BCUT2D eigenvalue weighted by Gasteiger charge is 2.08. The lowest BCUT2D eigenvalue weighted by molar-refractivity contribution is 0.0946. The van der Waals surface area contributed by atoms with E-state index in [4.69, 9.17) is 4.98 Å². The molecule has 4 aromatic rings. The fourth-order valence-corrected chi connectivity index (χ4v) is 3.52. The molecule has 0 radical (unpaired) electrons. The van der Waals surface area contributed by atoms with Gasteiger partial charge < -0.3 is 5.32 Å². The lowest BCUT2D eigenvalue weighted by Gasteiger charge is -2.05. The van der Waals surface area contributed by atoms with Gasteiger partial charge in [-0.15, -0.1) is 11.3 Å². The largest absolute Gasteiger partial charge is 0.347 e. The number of pyridine rings is 1. The van der Waals surface area contributed by atoms with Crippen LogP contribution in [0.2, 0.25) is 0 Å². The van der Waals surface area contributed by atoms with Crippen molar-refractivity contribution in [3.8, 4) is 21.8 Å². The minimum absolute atomic E-state index is 0.174. The zero-order chi connectivity index (χ0) is 18.5. The number of aromatic nitrogens is 2. The molecular formula is C22H17N3OS. The van der Waals surface area contributed by atoms with Crippen LogP contribution in [-0.2, 0) is 6.54 Å². The molecule has 2 aromatic heterocycles. The lowest BCUT2D eigenvalue weighted by Crippen LogP contribution is -2.23. The van der Waals surface area contributed by atoms with Gasteiger partial charge in [-0.1, -0.05) is 60.7 Å². The summed E-state index contributed by atoms with van der Waals surface area (Å²) >= 11 is 1.63. The van der Waals surface area contributed by atoms with Gasteiger partial charge in [-0.05, 0) is 17.7 Å². The predicted molar refractivity (Wildman–Crippen MR) is 108 cm³/mol. The third-order valence-corrected chi connectivity index (χ3v) is 5.02. The van der Waals surface area contributed by atoms with Gasteiger partial charge in [-0.2, -0.15) is 0 Å². The molecule has 0 saturated carbocycles. The van der Waals surface area contributed by atoms with Crippen molar-refractivity contribution in [2.45, 2.75) is 6.54 Å². The molecule has 0 atom stereocenters. The van der Waals surface area contributed by atoms with E-state index in [2.05, 4.69) is 27.8 Å². The molecule has 1 N–H and O–H groups in total. The fourth-order valence-electron chi connectivity index (χ4n) is 2.68. The third kappa shape index (κ3) is 4.10. The van der Waals surface area contributed by atoms with Crippen LogP contribution in [0.3, 0.4) is 0 Å². The summed E-state index contributed by atoms with van der Waals surface area (Å²) in [5, 5.41) is 5.94. The molecule has 0 fully saturated rings. The summed E-state index contributed by atoms with van der Waals surface area (Å²) in [5.41, 5.74) is 4.63. The molecule has 0 aliphatic heterocycles. The summed E-state index contributed by atoms with van der Waals surface area (Å²) in [6.07, 6.45) is 1.61. The number of rotatable bonds is 5.